The highest BCUT2D eigenvalue weighted by Crippen LogP contribution is 2.44. The van der Waals surface area contributed by atoms with E-state index in [0.29, 0.717) is 0 Å². The van der Waals surface area contributed by atoms with E-state index < -0.39 is 0 Å². The summed E-state index contributed by atoms with van der Waals surface area (Å²) in [5.41, 5.74) is 16.1. The van der Waals surface area contributed by atoms with Gasteiger partial charge in [0.2, 0.25) is 0 Å². The van der Waals surface area contributed by atoms with Gasteiger partial charge >= 0.3 is 0 Å². The van der Waals surface area contributed by atoms with E-state index in [2.05, 4.69) is 203 Å². The second-order valence-electron chi connectivity index (χ2n) is 14.8. The van der Waals surface area contributed by atoms with Gasteiger partial charge in [-0.25, -0.2) is 0 Å². The summed E-state index contributed by atoms with van der Waals surface area (Å²) in [4.78, 5) is 0. The van der Waals surface area contributed by atoms with E-state index in [1.54, 1.807) is 0 Å². The molecular weight excluding hydrogens is 693 g/mol. The Labute approximate surface area is 328 Å². The van der Waals surface area contributed by atoms with Crippen LogP contribution in [-0.2, 0) is 0 Å². The van der Waals surface area contributed by atoms with Gasteiger partial charge in [-0.15, -0.1) is 0 Å². The van der Waals surface area contributed by atoms with E-state index in [1.165, 1.54) is 77.0 Å². The van der Waals surface area contributed by atoms with Crippen molar-refractivity contribution in [1.82, 2.24) is 9.13 Å². The average molecular weight is 727 g/mol. The van der Waals surface area contributed by atoms with Crippen molar-refractivity contribution in [3.63, 3.8) is 0 Å². The van der Waals surface area contributed by atoms with E-state index in [-0.39, 0.29) is 0 Å². The summed E-state index contributed by atoms with van der Waals surface area (Å²) in [6.45, 7) is 0. The molecule has 0 unspecified atom stereocenters. The highest BCUT2D eigenvalue weighted by Gasteiger charge is 2.21. The Morgan fingerprint density at radius 2 is 0.702 bits per heavy atom. The lowest BCUT2D eigenvalue weighted by Gasteiger charge is -2.11. The molecule has 266 valence electrons. The third-order valence-electron chi connectivity index (χ3n) is 11.8. The van der Waals surface area contributed by atoms with Crippen molar-refractivity contribution in [2.24, 2.45) is 0 Å². The summed E-state index contributed by atoms with van der Waals surface area (Å²) in [6, 6.07) is 74.4. The van der Waals surface area contributed by atoms with E-state index >= 15 is 0 Å². The Bertz CT molecular complexity index is 3490. The smallest absolute Gasteiger partial charge is 0.136 e. The molecule has 0 spiro atoms. The maximum atomic E-state index is 6.18. The lowest BCUT2D eigenvalue weighted by atomic mass is 9.95. The molecule has 3 nitrogen and oxygen atoms in total. The van der Waals surface area contributed by atoms with Gasteiger partial charge in [0.1, 0.15) is 11.2 Å². The number of benzene rings is 9. The molecule has 0 saturated heterocycles. The van der Waals surface area contributed by atoms with Crippen LogP contribution in [0.3, 0.4) is 0 Å². The Hall–Kier alpha value is -7.62. The molecule has 9 aromatic carbocycles. The molecule has 12 aromatic rings. The Morgan fingerprint density at radius 3 is 1.33 bits per heavy atom. The van der Waals surface area contributed by atoms with Gasteiger partial charge in [-0.05, 0) is 94.0 Å². The number of para-hydroxylation sites is 4. The summed E-state index contributed by atoms with van der Waals surface area (Å²) in [5.74, 6) is 0. The van der Waals surface area contributed by atoms with Crippen LogP contribution in [0.1, 0.15) is 0 Å². The molecule has 0 aliphatic carbocycles. The molecule has 3 aromatic heterocycles. The summed E-state index contributed by atoms with van der Waals surface area (Å²) in [5, 5.41) is 7.34. The van der Waals surface area contributed by atoms with Crippen molar-refractivity contribution in [3.05, 3.63) is 206 Å². The Balaban J connectivity index is 0.972. The summed E-state index contributed by atoms with van der Waals surface area (Å²) in [7, 11) is 0. The highest BCUT2D eigenvalue weighted by atomic mass is 16.3. The molecular formula is C54H34N2O. The Kier molecular flexibility index (Phi) is 6.93. The first-order valence-corrected chi connectivity index (χ1v) is 19.5. The van der Waals surface area contributed by atoms with Crippen molar-refractivity contribution < 1.29 is 4.42 Å². The predicted octanol–water partition coefficient (Wildman–Crippen LogP) is 14.8. The van der Waals surface area contributed by atoms with Gasteiger partial charge in [0, 0.05) is 43.7 Å². The molecule has 0 aliphatic rings. The molecule has 12 rings (SSSR count). The fraction of sp³-hybridized carbons (Fsp3) is 0. The fourth-order valence-electron chi connectivity index (χ4n) is 9.28. The second kappa shape index (κ2) is 12.5. The number of aromatic nitrogens is 2. The molecule has 0 fully saturated rings. The van der Waals surface area contributed by atoms with Crippen LogP contribution in [0.4, 0.5) is 0 Å². The number of fused-ring (bicyclic) bond motifs is 9. The van der Waals surface area contributed by atoms with Crippen molar-refractivity contribution in [1.29, 1.82) is 0 Å². The van der Waals surface area contributed by atoms with Gasteiger partial charge in [-0.3, -0.25) is 0 Å². The SMILES string of the molecule is c1ccc(-n2c3ccccc3c3c(-c4cccc5c4c4ccccc4n5-c4ccc(-c5ccc(-c6cccc7oc8ccccc8c67)cc5)cc4)cccc32)cc1. The lowest BCUT2D eigenvalue weighted by Crippen LogP contribution is -1.94. The van der Waals surface area contributed by atoms with Crippen molar-refractivity contribution >= 4 is 65.6 Å². The minimum atomic E-state index is 0.915. The number of furan rings is 1. The first-order valence-electron chi connectivity index (χ1n) is 19.5. The van der Waals surface area contributed by atoms with Crippen molar-refractivity contribution in [3.8, 4) is 44.8 Å². The molecule has 0 bridgehead atoms. The van der Waals surface area contributed by atoms with Gasteiger partial charge in [0.15, 0.2) is 0 Å². The molecule has 57 heavy (non-hydrogen) atoms. The number of hydrogen-bond acceptors (Lipinski definition) is 1. The molecule has 3 heteroatoms. The number of hydrogen-bond donors (Lipinski definition) is 0. The van der Waals surface area contributed by atoms with Crippen LogP contribution in [0, 0.1) is 0 Å². The zero-order chi connectivity index (χ0) is 37.5. The maximum absolute atomic E-state index is 6.18. The van der Waals surface area contributed by atoms with Crippen LogP contribution < -0.4 is 0 Å². The maximum Gasteiger partial charge on any atom is 0.136 e. The third kappa shape index (κ3) is 4.79. The average Bonchev–Trinajstić information content (AvgIpc) is 3.95. The molecule has 0 atom stereocenters. The Morgan fingerprint density at radius 1 is 0.263 bits per heavy atom. The normalized spacial score (nSPS) is 11.9. The van der Waals surface area contributed by atoms with Crippen LogP contribution in [0.25, 0.3) is 110 Å². The van der Waals surface area contributed by atoms with Gasteiger partial charge in [-0.1, -0.05) is 146 Å². The van der Waals surface area contributed by atoms with E-state index in [1.807, 2.05) is 12.1 Å². The van der Waals surface area contributed by atoms with Gasteiger partial charge in [0.25, 0.3) is 0 Å². The molecule has 0 radical (unpaired) electrons. The predicted molar refractivity (Wildman–Crippen MR) is 239 cm³/mol. The first-order chi connectivity index (χ1) is 28.3. The van der Waals surface area contributed by atoms with Gasteiger partial charge in [0.05, 0.1) is 22.1 Å². The topological polar surface area (TPSA) is 23.0 Å². The molecule has 0 amide bonds. The molecule has 0 aliphatic heterocycles. The summed E-state index contributed by atoms with van der Waals surface area (Å²) < 4.78 is 11.0. The molecule has 0 N–H and O–H groups in total. The van der Waals surface area contributed by atoms with Gasteiger partial charge in [-0.2, -0.15) is 0 Å². The zero-order valence-electron chi connectivity index (χ0n) is 30.9. The van der Waals surface area contributed by atoms with E-state index in [0.717, 1.165) is 33.3 Å². The van der Waals surface area contributed by atoms with E-state index in [4.69, 9.17) is 4.42 Å². The summed E-state index contributed by atoms with van der Waals surface area (Å²) in [6.07, 6.45) is 0. The molecule has 3 heterocycles. The standard InChI is InChI=1S/C54H34N2O/c1-2-13-38(14-3-1)55-46-21-7-4-15-43(46)52-41(19-10-23-48(52)55)42-20-11-24-49-53(42)44-16-5-8-22-47(44)56(49)39-33-31-36(32-34-39)35-27-29-37(30-28-35)40-18-12-26-51-54(40)45-17-6-9-25-50(45)57-51/h1-34H. The van der Waals surface area contributed by atoms with Crippen LogP contribution in [0.2, 0.25) is 0 Å². The highest BCUT2D eigenvalue weighted by molar-refractivity contribution is 6.22. The lowest BCUT2D eigenvalue weighted by molar-refractivity contribution is 0.669. The van der Waals surface area contributed by atoms with E-state index in [9.17, 15) is 0 Å². The fourth-order valence-corrected chi connectivity index (χ4v) is 9.28. The first kappa shape index (κ1) is 31.7. The number of rotatable bonds is 5. The number of nitrogens with zero attached hydrogens (tertiary/aromatic N) is 2. The second-order valence-corrected chi connectivity index (χ2v) is 14.8. The van der Waals surface area contributed by atoms with Crippen molar-refractivity contribution in [2.45, 2.75) is 0 Å². The van der Waals surface area contributed by atoms with Crippen LogP contribution in [0.5, 0.6) is 0 Å². The monoisotopic (exact) mass is 726 g/mol. The molecule has 0 saturated carbocycles. The third-order valence-corrected chi connectivity index (χ3v) is 11.8. The van der Waals surface area contributed by atoms with Crippen LogP contribution in [0.15, 0.2) is 211 Å². The van der Waals surface area contributed by atoms with Crippen LogP contribution >= 0.6 is 0 Å². The summed E-state index contributed by atoms with van der Waals surface area (Å²) >= 11 is 0. The van der Waals surface area contributed by atoms with Crippen LogP contribution in [-0.4, -0.2) is 9.13 Å². The zero-order valence-corrected chi connectivity index (χ0v) is 30.9. The largest absolute Gasteiger partial charge is 0.456 e. The minimum absolute atomic E-state index is 0.915. The minimum Gasteiger partial charge on any atom is -0.456 e. The van der Waals surface area contributed by atoms with Gasteiger partial charge < -0.3 is 13.6 Å². The van der Waals surface area contributed by atoms with Crippen molar-refractivity contribution in [2.75, 3.05) is 0 Å². The quantitative estimate of drug-likeness (QED) is 0.173.